The summed E-state index contributed by atoms with van der Waals surface area (Å²) in [7, 11) is 0. The topological polar surface area (TPSA) is 54.0 Å². The van der Waals surface area contributed by atoms with E-state index in [4.69, 9.17) is 4.74 Å². The van der Waals surface area contributed by atoms with Crippen LogP contribution in [0.25, 0.3) is 0 Å². The third-order valence-electron chi connectivity index (χ3n) is 5.13. The van der Waals surface area contributed by atoms with Crippen LogP contribution in [0.5, 0.6) is 0 Å². The fourth-order valence-electron chi connectivity index (χ4n) is 3.73. The van der Waals surface area contributed by atoms with E-state index in [-0.39, 0.29) is 0 Å². The van der Waals surface area contributed by atoms with Crippen molar-refractivity contribution in [1.29, 1.82) is 0 Å². The molecule has 2 aromatic rings. The van der Waals surface area contributed by atoms with Crippen LogP contribution < -0.4 is 0 Å². The summed E-state index contributed by atoms with van der Waals surface area (Å²) in [6, 6.07) is 4.57. The van der Waals surface area contributed by atoms with Gasteiger partial charge in [-0.1, -0.05) is 0 Å². The van der Waals surface area contributed by atoms with Crippen LogP contribution in [0.3, 0.4) is 0 Å². The highest BCUT2D eigenvalue weighted by Gasteiger charge is 2.24. The second kappa shape index (κ2) is 7.33. The summed E-state index contributed by atoms with van der Waals surface area (Å²) in [5.41, 5.74) is 0. The minimum Gasteiger partial charge on any atom is -0.373 e. The average Bonchev–Trinajstić information content (AvgIpc) is 3.26. The number of H-pyrrole nitrogens is 1. The standard InChI is InChI=1S/C18H26N4OS/c1-13-19-18(21-20-13)14-7-9-22(10-8-14)12-15-5-6-17(24-15)16-4-2-3-11-23-16/h5-6,14,16H,2-4,7-12H2,1H3,(H,19,20,21)/t16-/m1/s1. The van der Waals surface area contributed by atoms with Gasteiger partial charge in [0.05, 0.1) is 6.10 Å². The highest BCUT2D eigenvalue weighted by atomic mass is 32.1. The first-order valence-corrected chi connectivity index (χ1v) is 9.91. The largest absolute Gasteiger partial charge is 0.373 e. The molecule has 1 N–H and O–H groups in total. The van der Waals surface area contributed by atoms with Crippen LogP contribution in [0.4, 0.5) is 0 Å². The summed E-state index contributed by atoms with van der Waals surface area (Å²) >= 11 is 1.94. The number of aryl methyl sites for hydroxylation is 1. The third kappa shape index (κ3) is 3.71. The molecule has 0 bridgehead atoms. The number of hydrogen-bond donors (Lipinski definition) is 1. The second-order valence-corrected chi connectivity index (χ2v) is 8.19. The number of nitrogens with zero attached hydrogens (tertiary/aromatic N) is 3. The Kier molecular flexibility index (Phi) is 4.96. The second-order valence-electron chi connectivity index (χ2n) is 6.99. The van der Waals surface area contributed by atoms with Crippen molar-refractivity contribution in [2.24, 2.45) is 0 Å². The molecule has 2 aliphatic heterocycles. The number of aromatic amines is 1. The zero-order valence-corrected chi connectivity index (χ0v) is 15.1. The molecule has 130 valence electrons. The van der Waals surface area contributed by atoms with Gasteiger partial charge >= 0.3 is 0 Å². The number of aromatic nitrogens is 3. The molecule has 24 heavy (non-hydrogen) atoms. The Balaban J connectivity index is 1.30. The number of piperidine rings is 1. The molecular formula is C18H26N4OS. The van der Waals surface area contributed by atoms with Crippen LogP contribution in [-0.2, 0) is 11.3 Å². The van der Waals surface area contributed by atoms with Crippen molar-refractivity contribution in [3.63, 3.8) is 0 Å². The molecule has 4 heterocycles. The van der Waals surface area contributed by atoms with Crippen molar-refractivity contribution < 1.29 is 4.74 Å². The number of thiophene rings is 1. The molecule has 0 aliphatic carbocycles. The van der Waals surface area contributed by atoms with Crippen molar-refractivity contribution in [3.05, 3.63) is 33.5 Å². The van der Waals surface area contributed by atoms with Gasteiger partial charge in [-0.05, 0) is 64.3 Å². The lowest BCUT2D eigenvalue weighted by molar-refractivity contribution is 0.0172. The molecule has 0 amide bonds. The molecule has 0 saturated carbocycles. The van der Waals surface area contributed by atoms with Crippen molar-refractivity contribution in [2.75, 3.05) is 19.7 Å². The average molecular weight is 347 g/mol. The minimum absolute atomic E-state index is 0.345. The van der Waals surface area contributed by atoms with Crippen LogP contribution >= 0.6 is 11.3 Å². The van der Waals surface area contributed by atoms with Gasteiger partial charge < -0.3 is 4.74 Å². The van der Waals surface area contributed by atoms with Gasteiger partial charge in [-0.2, -0.15) is 5.10 Å². The lowest BCUT2D eigenvalue weighted by Gasteiger charge is -2.30. The van der Waals surface area contributed by atoms with Crippen LogP contribution in [-0.4, -0.2) is 39.8 Å². The van der Waals surface area contributed by atoms with Crippen molar-refractivity contribution in [2.45, 2.75) is 57.6 Å². The fourth-order valence-corrected chi connectivity index (χ4v) is 4.87. The molecule has 1 atom stereocenters. The van der Waals surface area contributed by atoms with E-state index in [1.807, 2.05) is 18.3 Å². The van der Waals surface area contributed by atoms with Crippen LogP contribution in [0, 0.1) is 6.92 Å². The first kappa shape index (κ1) is 16.2. The molecule has 0 radical (unpaired) electrons. The summed E-state index contributed by atoms with van der Waals surface area (Å²) < 4.78 is 5.91. The summed E-state index contributed by atoms with van der Waals surface area (Å²) in [5, 5.41) is 7.30. The van der Waals surface area contributed by atoms with Crippen molar-refractivity contribution in [1.82, 2.24) is 20.1 Å². The maximum atomic E-state index is 5.91. The number of ether oxygens (including phenoxy) is 1. The first-order chi connectivity index (χ1) is 11.8. The highest BCUT2D eigenvalue weighted by molar-refractivity contribution is 7.12. The molecule has 2 aliphatic rings. The Labute approximate surface area is 147 Å². The molecule has 2 saturated heterocycles. The maximum Gasteiger partial charge on any atom is 0.153 e. The Morgan fingerprint density at radius 1 is 1.25 bits per heavy atom. The normalized spacial score (nSPS) is 23.6. The van der Waals surface area contributed by atoms with Gasteiger partial charge in [0, 0.05) is 28.8 Å². The molecule has 4 rings (SSSR count). The zero-order valence-electron chi connectivity index (χ0n) is 14.3. The summed E-state index contributed by atoms with van der Waals surface area (Å²) in [6.07, 6.45) is 6.35. The zero-order chi connectivity index (χ0) is 16.4. The van der Waals surface area contributed by atoms with Gasteiger partial charge in [0.1, 0.15) is 5.82 Å². The van der Waals surface area contributed by atoms with Gasteiger partial charge in [-0.25, -0.2) is 4.98 Å². The van der Waals surface area contributed by atoms with Crippen LogP contribution in [0.2, 0.25) is 0 Å². The van der Waals surface area contributed by atoms with E-state index in [1.54, 1.807) is 0 Å². The van der Waals surface area contributed by atoms with E-state index in [2.05, 4.69) is 32.2 Å². The van der Waals surface area contributed by atoms with E-state index in [1.165, 1.54) is 29.0 Å². The predicted molar refractivity (Wildman–Crippen MR) is 95.2 cm³/mol. The molecule has 2 fully saturated rings. The van der Waals surface area contributed by atoms with Crippen LogP contribution in [0.1, 0.15) is 65.5 Å². The first-order valence-electron chi connectivity index (χ1n) is 9.09. The Morgan fingerprint density at radius 3 is 2.83 bits per heavy atom. The maximum absolute atomic E-state index is 5.91. The molecule has 0 aromatic carbocycles. The smallest absolute Gasteiger partial charge is 0.153 e. The summed E-state index contributed by atoms with van der Waals surface area (Å²) in [4.78, 5) is 9.94. The lowest BCUT2D eigenvalue weighted by atomic mass is 9.96. The Hall–Kier alpha value is -1.24. The number of hydrogen-bond acceptors (Lipinski definition) is 5. The van der Waals surface area contributed by atoms with Gasteiger partial charge in [0.25, 0.3) is 0 Å². The number of nitrogens with one attached hydrogen (secondary N) is 1. The summed E-state index contributed by atoms with van der Waals surface area (Å²) in [5.74, 6) is 2.43. The Bertz CT molecular complexity index is 654. The molecule has 0 spiro atoms. The van der Waals surface area contributed by atoms with Gasteiger partial charge in [0.15, 0.2) is 5.82 Å². The third-order valence-corrected chi connectivity index (χ3v) is 6.29. The van der Waals surface area contributed by atoms with Gasteiger partial charge in [-0.15, -0.1) is 11.3 Å². The molecule has 6 heteroatoms. The highest BCUT2D eigenvalue weighted by Crippen LogP contribution is 2.34. The van der Waals surface area contributed by atoms with Crippen LogP contribution in [0.15, 0.2) is 12.1 Å². The molecule has 2 aromatic heterocycles. The molecular weight excluding hydrogens is 320 g/mol. The quantitative estimate of drug-likeness (QED) is 0.915. The van der Waals surface area contributed by atoms with E-state index >= 15 is 0 Å². The van der Waals surface area contributed by atoms with E-state index in [0.717, 1.165) is 50.7 Å². The Morgan fingerprint density at radius 2 is 2.12 bits per heavy atom. The summed E-state index contributed by atoms with van der Waals surface area (Å²) in [6.45, 7) is 6.22. The number of likely N-dealkylation sites (tertiary alicyclic amines) is 1. The lowest BCUT2D eigenvalue weighted by Crippen LogP contribution is -2.32. The van der Waals surface area contributed by atoms with Crippen molar-refractivity contribution >= 4 is 11.3 Å². The van der Waals surface area contributed by atoms with Gasteiger partial charge in [0.2, 0.25) is 0 Å². The molecule has 5 nitrogen and oxygen atoms in total. The fraction of sp³-hybridized carbons (Fsp3) is 0.667. The minimum atomic E-state index is 0.345. The predicted octanol–water partition coefficient (Wildman–Crippen LogP) is 3.80. The van der Waals surface area contributed by atoms with Gasteiger partial charge in [-0.3, -0.25) is 10.00 Å². The molecule has 0 unspecified atom stereocenters. The van der Waals surface area contributed by atoms with E-state index < -0.39 is 0 Å². The number of rotatable bonds is 4. The van der Waals surface area contributed by atoms with Crippen molar-refractivity contribution in [3.8, 4) is 0 Å². The van der Waals surface area contributed by atoms with E-state index in [9.17, 15) is 0 Å². The SMILES string of the molecule is Cc1nc(C2CCN(Cc3ccc([C@H]4CCCCO4)s3)CC2)n[nH]1. The van der Waals surface area contributed by atoms with E-state index in [0.29, 0.717) is 12.0 Å². The monoisotopic (exact) mass is 346 g/mol.